The van der Waals surface area contributed by atoms with Crippen LogP contribution in [0.25, 0.3) is 0 Å². The Balaban J connectivity index is 1.94. The Morgan fingerprint density at radius 2 is 2.07 bits per heavy atom. The standard InChI is InChI=1S/C21H25NO3S2/c1-4-25-21(24)18-14-11-10-13(3)12-17(14)27-20(18)22-19(23)15-8-6-7-9-16(15)26-5-2/h6-9,13H,4-5,10-12H2,1-3H3,(H,22,23)/t13-/m1/s1. The second kappa shape index (κ2) is 8.93. The number of ether oxygens (including phenoxy) is 1. The maximum atomic E-state index is 12.9. The molecule has 1 heterocycles. The van der Waals surface area contributed by atoms with Gasteiger partial charge in [-0.1, -0.05) is 26.0 Å². The summed E-state index contributed by atoms with van der Waals surface area (Å²) in [4.78, 5) is 27.7. The summed E-state index contributed by atoms with van der Waals surface area (Å²) in [6.45, 7) is 6.41. The number of esters is 1. The van der Waals surface area contributed by atoms with E-state index in [9.17, 15) is 9.59 Å². The molecule has 0 aliphatic heterocycles. The highest BCUT2D eigenvalue weighted by Crippen LogP contribution is 2.40. The van der Waals surface area contributed by atoms with Crippen LogP contribution in [0.3, 0.4) is 0 Å². The van der Waals surface area contributed by atoms with Crippen LogP contribution in [0.15, 0.2) is 29.2 Å². The number of rotatable bonds is 6. The van der Waals surface area contributed by atoms with Crippen molar-refractivity contribution in [3.05, 3.63) is 45.8 Å². The fourth-order valence-electron chi connectivity index (χ4n) is 3.36. The number of hydrogen-bond donors (Lipinski definition) is 1. The average molecular weight is 404 g/mol. The molecule has 1 aliphatic rings. The molecule has 1 aliphatic carbocycles. The number of carbonyl (C=O) groups excluding carboxylic acids is 2. The molecule has 1 amide bonds. The summed E-state index contributed by atoms with van der Waals surface area (Å²) >= 11 is 3.16. The Hall–Kier alpha value is -1.79. The van der Waals surface area contributed by atoms with Gasteiger partial charge in [-0.15, -0.1) is 23.1 Å². The Bertz CT molecular complexity index is 844. The van der Waals surface area contributed by atoms with Gasteiger partial charge in [0.15, 0.2) is 0 Å². The average Bonchev–Trinajstić information content (AvgIpc) is 2.99. The largest absolute Gasteiger partial charge is 0.462 e. The molecule has 4 nitrogen and oxygen atoms in total. The molecule has 3 rings (SSSR count). The van der Waals surface area contributed by atoms with Crippen LogP contribution >= 0.6 is 23.1 Å². The van der Waals surface area contributed by atoms with Crippen LogP contribution < -0.4 is 5.32 Å². The molecule has 27 heavy (non-hydrogen) atoms. The molecule has 0 spiro atoms. The molecule has 0 saturated heterocycles. The lowest BCUT2D eigenvalue weighted by molar-refractivity contribution is 0.0526. The first kappa shape index (κ1) is 20.0. The van der Waals surface area contributed by atoms with Gasteiger partial charge < -0.3 is 10.1 Å². The predicted octanol–water partition coefficient (Wildman–Crippen LogP) is 5.41. The number of thioether (sulfide) groups is 1. The van der Waals surface area contributed by atoms with Crippen molar-refractivity contribution in [1.82, 2.24) is 0 Å². The number of hydrogen-bond acceptors (Lipinski definition) is 5. The van der Waals surface area contributed by atoms with E-state index in [4.69, 9.17) is 4.74 Å². The van der Waals surface area contributed by atoms with E-state index in [0.717, 1.165) is 35.5 Å². The SMILES string of the molecule is CCOC(=O)c1c(NC(=O)c2ccccc2SCC)sc2c1CC[C@@H](C)C2. The zero-order valence-corrected chi connectivity index (χ0v) is 17.6. The summed E-state index contributed by atoms with van der Waals surface area (Å²) < 4.78 is 5.28. The smallest absolute Gasteiger partial charge is 0.341 e. The van der Waals surface area contributed by atoms with Gasteiger partial charge in [0.2, 0.25) is 0 Å². The summed E-state index contributed by atoms with van der Waals surface area (Å²) in [5.74, 6) is 0.972. The minimum absolute atomic E-state index is 0.177. The zero-order chi connectivity index (χ0) is 19.4. The van der Waals surface area contributed by atoms with Gasteiger partial charge in [0.25, 0.3) is 5.91 Å². The maximum absolute atomic E-state index is 12.9. The minimum Gasteiger partial charge on any atom is -0.462 e. The van der Waals surface area contributed by atoms with Crippen molar-refractivity contribution >= 4 is 40.0 Å². The molecular formula is C21H25NO3S2. The molecule has 0 fully saturated rings. The highest BCUT2D eigenvalue weighted by atomic mass is 32.2. The highest BCUT2D eigenvalue weighted by molar-refractivity contribution is 7.99. The highest BCUT2D eigenvalue weighted by Gasteiger charge is 2.29. The van der Waals surface area contributed by atoms with E-state index in [2.05, 4.69) is 19.2 Å². The van der Waals surface area contributed by atoms with Gasteiger partial charge in [0.05, 0.1) is 17.7 Å². The topological polar surface area (TPSA) is 55.4 Å². The third-order valence-corrected chi connectivity index (χ3v) is 6.78. The molecule has 1 atom stereocenters. The van der Waals surface area contributed by atoms with Crippen LogP contribution in [0.4, 0.5) is 5.00 Å². The molecule has 144 valence electrons. The van der Waals surface area contributed by atoms with Gasteiger partial charge in [-0.05, 0) is 55.6 Å². The van der Waals surface area contributed by atoms with E-state index in [-0.39, 0.29) is 11.9 Å². The molecule has 0 radical (unpaired) electrons. The van der Waals surface area contributed by atoms with Gasteiger partial charge in [0, 0.05) is 9.77 Å². The van der Waals surface area contributed by atoms with E-state index >= 15 is 0 Å². The number of fused-ring (bicyclic) bond motifs is 1. The van der Waals surface area contributed by atoms with Crippen LogP contribution in [-0.4, -0.2) is 24.2 Å². The number of carbonyl (C=O) groups is 2. The van der Waals surface area contributed by atoms with Crippen molar-refractivity contribution in [2.75, 3.05) is 17.7 Å². The first-order chi connectivity index (χ1) is 13.0. The number of thiophene rings is 1. The second-order valence-electron chi connectivity index (χ2n) is 6.66. The Morgan fingerprint density at radius 3 is 2.81 bits per heavy atom. The summed E-state index contributed by atoms with van der Waals surface area (Å²) in [7, 11) is 0. The van der Waals surface area contributed by atoms with Crippen molar-refractivity contribution < 1.29 is 14.3 Å². The third kappa shape index (κ3) is 4.38. The minimum atomic E-state index is -0.337. The zero-order valence-electron chi connectivity index (χ0n) is 16.0. The third-order valence-electron chi connectivity index (χ3n) is 4.65. The summed E-state index contributed by atoms with van der Waals surface area (Å²) in [6.07, 6.45) is 2.86. The summed E-state index contributed by atoms with van der Waals surface area (Å²) in [6, 6.07) is 7.58. The van der Waals surface area contributed by atoms with Crippen LogP contribution in [0.5, 0.6) is 0 Å². The Kier molecular flexibility index (Phi) is 6.60. The lowest BCUT2D eigenvalue weighted by Crippen LogP contribution is -2.17. The number of benzene rings is 1. The van der Waals surface area contributed by atoms with Crippen molar-refractivity contribution in [3.8, 4) is 0 Å². The monoisotopic (exact) mass is 403 g/mol. The Labute approximate surface area is 168 Å². The molecule has 1 aromatic heterocycles. The van der Waals surface area contributed by atoms with Crippen molar-refractivity contribution in [1.29, 1.82) is 0 Å². The van der Waals surface area contributed by atoms with Gasteiger partial charge in [-0.3, -0.25) is 4.79 Å². The lowest BCUT2D eigenvalue weighted by atomic mass is 9.88. The van der Waals surface area contributed by atoms with E-state index in [0.29, 0.717) is 28.7 Å². The van der Waals surface area contributed by atoms with Crippen LogP contribution in [0.1, 0.15) is 58.3 Å². The Morgan fingerprint density at radius 1 is 1.30 bits per heavy atom. The molecule has 0 saturated carbocycles. The van der Waals surface area contributed by atoms with Crippen LogP contribution in [-0.2, 0) is 17.6 Å². The fourth-order valence-corrected chi connectivity index (χ4v) is 5.56. The molecule has 0 unspecified atom stereocenters. The van der Waals surface area contributed by atoms with Crippen molar-refractivity contribution in [2.24, 2.45) is 5.92 Å². The first-order valence-electron chi connectivity index (χ1n) is 9.39. The van der Waals surface area contributed by atoms with Crippen molar-refractivity contribution in [3.63, 3.8) is 0 Å². The number of amides is 1. The molecule has 6 heteroatoms. The molecule has 2 aromatic rings. The van der Waals surface area contributed by atoms with E-state index in [1.54, 1.807) is 18.7 Å². The predicted molar refractivity (Wildman–Crippen MR) is 112 cm³/mol. The van der Waals surface area contributed by atoms with E-state index in [1.165, 1.54) is 16.2 Å². The lowest BCUT2D eigenvalue weighted by Gasteiger charge is -2.18. The van der Waals surface area contributed by atoms with Gasteiger partial charge in [-0.25, -0.2) is 4.79 Å². The van der Waals surface area contributed by atoms with E-state index < -0.39 is 0 Å². The number of nitrogens with one attached hydrogen (secondary N) is 1. The normalized spacial score (nSPS) is 15.9. The van der Waals surface area contributed by atoms with E-state index in [1.807, 2.05) is 24.3 Å². The fraction of sp³-hybridized carbons (Fsp3) is 0.429. The molecule has 1 N–H and O–H groups in total. The molecular weight excluding hydrogens is 378 g/mol. The maximum Gasteiger partial charge on any atom is 0.341 e. The quantitative estimate of drug-likeness (QED) is 0.517. The number of anilines is 1. The molecule has 0 bridgehead atoms. The summed E-state index contributed by atoms with van der Waals surface area (Å²) in [5.41, 5.74) is 2.25. The van der Waals surface area contributed by atoms with Gasteiger partial charge >= 0.3 is 5.97 Å². The van der Waals surface area contributed by atoms with Gasteiger partial charge in [-0.2, -0.15) is 0 Å². The van der Waals surface area contributed by atoms with Crippen molar-refractivity contribution in [2.45, 2.75) is 44.9 Å². The summed E-state index contributed by atoms with van der Waals surface area (Å²) in [5, 5.41) is 3.62. The van der Waals surface area contributed by atoms with Crippen LogP contribution in [0, 0.1) is 5.92 Å². The van der Waals surface area contributed by atoms with Crippen LogP contribution in [0.2, 0.25) is 0 Å². The first-order valence-corrected chi connectivity index (χ1v) is 11.2. The van der Waals surface area contributed by atoms with Gasteiger partial charge in [0.1, 0.15) is 5.00 Å². The second-order valence-corrected chi connectivity index (χ2v) is 9.07. The molecule has 1 aromatic carbocycles.